The SMILES string of the molecule is O=C1Nc2cc(Cl)ccc2C1(O)c1cccc(Cl)c1. The number of rotatable bonds is 1. The predicted molar refractivity (Wildman–Crippen MR) is 74.5 cm³/mol. The molecule has 1 aliphatic rings. The van der Waals surface area contributed by atoms with Gasteiger partial charge in [-0.1, -0.05) is 41.4 Å². The van der Waals surface area contributed by atoms with Gasteiger partial charge in [0.1, 0.15) is 0 Å². The summed E-state index contributed by atoms with van der Waals surface area (Å²) in [6.07, 6.45) is 0. The molecule has 0 bridgehead atoms. The number of amides is 1. The zero-order chi connectivity index (χ0) is 13.6. The molecule has 2 N–H and O–H groups in total. The van der Waals surface area contributed by atoms with Crippen molar-refractivity contribution in [3.63, 3.8) is 0 Å². The Morgan fingerprint density at radius 1 is 1.05 bits per heavy atom. The van der Waals surface area contributed by atoms with E-state index in [1.165, 1.54) is 0 Å². The fourth-order valence-corrected chi connectivity index (χ4v) is 2.63. The minimum atomic E-state index is -1.73. The molecule has 5 heteroatoms. The molecule has 1 unspecified atom stereocenters. The van der Waals surface area contributed by atoms with E-state index in [9.17, 15) is 9.90 Å². The number of halogens is 2. The molecule has 3 rings (SSSR count). The van der Waals surface area contributed by atoms with Crippen LogP contribution in [0.4, 0.5) is 5.69 Å². The van der Waals surface area contributed by atoms with E-state index in [-0.39, 0.29) is 0 Å². The Morgan fingerprint density at radius 2 is 1.79 bits per heavy atom. The minimum absolute atomic E-state index is 0.429. The summed E-state index contributed by atoms with van der Waals surface area (Å²) >= 11 is 11.8. The zero-order valence-electron chi connectivity index (χ0n) is 9.65. The first kappa shape index (κ1) is 12.5. The monoisotopic (exact) mass is 293 g/mol. The van der Waals surface area contributed by atoms with Crippen LogP contribution in [0, 0.1) is 0 Å². The average Bonchev–Trinajstić information content (AvgIpc) is 2.62. The Hall–Kier alpha value is -1.55. The molecule has 0 radical (unpaired) electrons. The first-order valence-corrected chi connectivity index (χ1v) is 6.37. The first-order valence-electron chi connectivity index (χ1n) is 5.62. The number of anilines is 1. The van der Waals surface area contributed by atoms with Crippen molar-refractivity contribution >= 4 is 34.8 Å². The van der Waals surface area contributed by atoms with Gasteiger partial charge >= 0.3 is 0 Å². The Morgan fingerprint density at radius 3 is 2.53 bits per heavy atom. The lowest BCUT2D eigenvalue weighted by molar-refractivity contribution is -0.129. The molecule has 0 saturated carbocycles. The number of aliphatic hydroxyl groups is 1. The van der Waals surface area contributed by atoms with Gasteiger partial charge in [0, 0.05) is 21.3 Å². The molecule has 1 heterocycles. The summed E-state index contributed by atoms with van der Waals surface area (Å²) in [6.45, 7) is 0. The van der Waals surface area contributed by atoms with Gasteiger partial charge in [-0.25, -0.2) is 0 Å². The largest absolute Gasteiger partial charge is 0.372 e. The normalized spacial score (nSPS) is 21.1. The summed E-state index contributed by atoms with van der Waals surface area (Å²) < 4.78 is 0. The van der Waals surface area contributed by atoms with Gasteiger partial charge in [-0.2, -0.15) is 0 Å². The molecule has 1 atom stereocenters. The van der Waals surface area contributed by atoms with Gasteiger partial charge in [-0.15, -0.1) is 0 Å². The number of carbonyl (C=O) groups excluding carboxylic acids is 1. The second kappa shape index (κ2) is 4.23. The summed E-state index contributed by atoms with van der Waals surface area (Å²) in [4.78, 5) is 12.1. The van der Waals surface area contributed by atoms with Crippen molar-refractivity contribution in [2.24, 2.45) is 0 Å². The second-order valence-electron chi connectivity index (χ2n) is 4.36. The highest BCUT2D eigenvalue weighted by Gasteiger charge is 2.46. The lowest BCUT2D eigenvalue weighted by Gasteiger charge is -2.21. The van der Waals surface area contributed by atoms with Crippen molar-refractivity contribution in [1.29, 1.82) is 0 Å². The smallest absolute Gasteiger partial charge is 0.265 e. The van der Waals surface area contributed by atoms with E-state index in [0.29, 0.717) is 26.9 Å². The maximum atomic E-state index is 12.1. The molecule has 0 aromatic heterocycles. The van der Waals surface area contributed by atoms with Crippen LogP contribution in [0.5, 0.6) is 0 Å². The molecule has 1 aliphatic heterocycles. The van der Waals surface area contributed by atoms with Crippen molar-refractivity contribution in [3.05, 3.63) is 63.6 Å². The molecule has 0 aliphatic carbocycles. The molecule has 0 spiro atoms. The van der Waals surface area contributed by atoms with Gasteiger partial charge in [-0.3, -0.25) is 4.79 Å². The fourth-order valence-electron chi connectivity index (χ4n) is 2.27. The van der Waals surface area contributed by atoms with Gasteiger partial charge in [-0.05, 0) is 29.8 Å². The zero-order valence-corrected chi connectivity index (χ0v) is 11.2. The Bertz CT molecular complexity index is 687. The molecule has 3 nitrogen and oxygen atoms in total. The fraction of sp³-hybridized carbons (Fsp3) is 0.0714. The number of fused-ring (bicyclic) bond motifs is 1. The van der Waals surface area contributed by atoms with Crippen LogP contribution in [-0.2, 0) is 10.4 Å². The number of carbonyl (C=O) groups is 1. The van der Waals surface area contributed by atoms with Crippen molar-refractivity contribution in [1.82, 2.24) is 0 Å². The van der Waals surface area contributed by atoms with E-state index >= 15 is 0 Å². The van der Waals surface area contributed by atoms with Gasteiger partial charge < -0.3 is 10.4 Å². The quantitative estimate of drug-likeness (QED) is 0.848. The van der Waals surface area contributed by atoms with Crippen molar-refractivity contribution in [2.75, 3.05) is 5.32 Å². The molecule has 2 aromatic rings. The molecule has 0 saturated heterocycles. The summed E-state index contributed by atoms with van der Waals surface area (Å²) in [5, 5.41) is 14.4. The van der Waals surface area contributed by atoms with Crippen molar-refractivity contribution in [2.45, 2.75) is 5.60 Å². The molecule has 1 amide bonds. The van der Waals surface area contributed by atoms with E-state index in [1.807, 2.05) is 0 Å². The Labute approximate surface area is 119 Å². The number of hydrogen-bond acceptors (Lipinski definition) is 2. The summed E-state index contributed by atoms with van der Waals surface area (Å²) in [7, 11) is 0. The summed E-state index contributed by atoms with van der Waals surface area (Å²) in [6, 6.07) is 11.5. The maximum Gasteiger partial charge on any atom is 0.265 e. The van der Waals surface area contributed by atoms with E-state index in [4.69, 9.17) is 23.2 Å². The third-order valence-electron chi connectivity index (χ3n) is 3.19. The first-order chi connectivity index (χ1) is 9.01. The molecule has 96 valence electrons. The van der Waals surface area contributed by atoms with Crippen molar-refractivity contribution in [3.8, 4) is 0 Å². The van der Waals surface area contributed by atoms with Crippen LogP contribution in [0.25, 0.3) is 0 Å². The number of nitrogens with one attached hydrogen (secondary N) is 1. The molecule has 19 heavy (non-hydrogen) atoms. The maximum absolute atomic E-state index is 12.1. The van der Waals surface area contributed by atoms with Gasteiger partial charge in [0.2, 0.25) is 0 Å². The van der Waals surface area contributed by atoms with Gasteiger partial charge in [0.15, 0.2) is 5.60 Å². The Kier molecular flexibility index (Phi) is 2.78. The van der Waals surface area contributed by atoms with Crippen molar-refractivity contribution < 1.29 is 9.90 Å². The van der Waals surface area contributed by atoms with Crippen LogP contribution in [0.15, 0.2) is 42.5 Å². The van der Waals surface area contributed by atoms with E-state index in [2.05, 4.69) is 5.32 Å². The van der Waals surface area contributed by atoms with Gasteiger partial charge in [0.05, 0.1) is 0 Å². The third-order valence-corrected chi connectivity index (χ3v) is 3.66. The molecule has 0 fully saturated rings. The van der Waals surface area contributed by atoms with E-state index < -0.39 is 11.5 Å². The lowest BCUT2D eigenvalue weighted by Crippen LogP contribution is -2.35. The molecule has 2 aromatic carbocycles. The van der Waals surface area contributed by atoms with Gasteiger partial charge in [0.25, 0.3) is 5.91 Å². The highest BCUT2D eigenvalue weighted by molar-refractivity contribution is 6.31. The van der Waals surface area contributed by atoms with E-state index in [0.717, 1.165) is 0 Å². The lowest BCUT2D eigenvalue weighted by atomic mass is 9.87. The third kappa shape index (κ3) is 1.82. The van der Waals surface area contributed by atoms with Crippen LogP contribution in [0.1, 0.15) is 11.1 Å². The molecular formula is C14H9Cl2NO2. The summed E-state index contributed by atoms with van der Waals surface area (Å²) in [5.41, 5.74) is -0.312. The second-order valence-corrected chi connectivity index (χ2v) is 5.24. The Balaban J connectivity index is 2.22. The average molecular weight is 294 g/mol. The van der Waals surface area contributed by atoms with Crippen LogP contribution >= 0.6 is 23.2 Å². The predicted octanol–water partition coefficient (Wildman–Crippen LogP) is 3.18. The number of benzene rings is 2. The highest BCUT2D eigenvalue weighted by atomic mass is 35.5. The summed E-state index contributed by atoms with van der Waals surface area (Å²) in [5.74, 6) is -0.507. The highest BCUT2D eigenvalue weighted by Crippen LogP contribution is 2.42. The minimum Gasteiger partial charge on any atom is -0.372 e. The van der Waals surface area contributed by atoms with E-state index in [1.54, 1.807) is 42.5 Å². The van der Waals surface area contributed by atoms with Crippen LogP contribution in [0.2, 0.25) is 10.0 Å². The molecular weight excluding hydrogens is 285 g/mol. The van der Waals surface area contributed by atoms with Crippen LogP contribution in [0.3, 0.4) is 0 Å². The standard InChI is InChI=1S/C14H9Cl2NO2/c15-9-3-1-2-8(6-9)14(19)11-5-4-10(16)7-12(11)17-13(14)18/h1-7,19H,(H,17,18). The number of hydrogen-bond donors (Lipinski definition) is 2. The van der Waals surface area contributed by atoms with Crippen LogP contribution < -0.4 is 5.32 Å². The van der Waals surface area contributed by atoms with Crippen LogP contribution in [-0.4, -0.2) is 11.0 Å². The topological polar surface area (TPSA) is 49.3 Å².